The van der Waals surface area contributed by atoms with E-state index >= 15 is 0 Å². The van der Waals surface area contributed by atoms with Crippen molar-refractivity contribution in [2.75, 3.05) is 11.1 Å². The van der Waals surface area contributed by atoms with E-state index < -0.39 is 0 Å². The maximum Gasteiger partial charge on any atom is 0.341 e. The zero-order valence-electron chi connectivity index (χ0n) is 22.1. The van der Waals surface area contributed by atoms with Gasteiger partial charge in [-0.2, -0.15) is 0 Å². The maximum atomic E-state index is 12.9. The van der Waals surface area contributed by atoms with Crippen molar-refractivity contribution in [2.24, 2.45) is 0 Å². The van der Waals surface area contributed by atoms with E-state index in [1.165, 1.54) is 28.0 Å². The van der Waals surface area contributed by atoms with Crippen molar-refractivity contribution < 1.29 is 19.1 Å². The van der Waals surface area contributed by atoms with Crippen molar-refractivity contribution in [1.29, 1.82) is 0 Å². The quantitative estimate of drug-likeness (QED) is 0.258. The summed E-state index contributed by atoms with van der Waals surface area (Å²) < 4.78 is 13.4. The van der Waals surface area contributed by atoms with Crippen molar-refractivity contribution in [3.05, 3.63) is 51.2 Å². The van der Waals surface area contributed by atoms with Crippen LogP contribution in [0.5, 0.6) is 5.75 Å². The highest BCUT2D eigenvalue weighted by atomic mass is 32.2. The average molecular weight is 543 g/mol. The van der Waals surface area contributed by atoms with Crippen LogP contribution < -0.4 is 10.1 Å². The van der Waals surface area contributed by atoms with Crippen LogP contribution in [0.25, 0.3) is 0 Å². The molecule has 1 amide bonds. The third kappa shape index (κ3) is 6.73. The van der Waals surface area contributed by atoms with Crippen LogP contribution in [-0.4, -0.2) is 38.5 Å². The standard InChI is InChI=1S/C27H34N4O4S2/c1-6-31-22(14-34-19-12-17(4)11-18(5)13-19)29-30-27(31)36-15-23(32)28-25-24(26(33)35-16(2)3)20-9-7-8-10-21(20)37-25/h11-13,16H,6-10,14-15H2,1-5H3,(H,28,32). The molecule has 0 saturated heterocycles. The summed E-state index contributed by atoms with van der Waals surface area (Å²) in [5.74, 6) is 1.09. The molecule has 0 saturated carbocycles. The number of aromatic nitrogens is 3. The molecule has 198 valence electrons. The predicted molar refractivity (Wildman–Crippen MR) is 147 cm³/mol. The third-order valence-corrected chi connectivity index (χ3v) is 8.15. The number of thioether (sulfide) groups is 1. The topological polar surface area (TPSA) is 95.3 Å². The molecule has 4 rings (SSSR count). The predicted octanol–water partition coefficient (Wildman–Crippen LogP) is 5.73. The fourth-order valence-electron chi connectivity index (χ4n) is 4.45. The monoisotopic (exact) mass is 542 g/mol. The van der Waals surface area contributed by atoms with Crippen LogP contribution in [0.15, 0.2) is 23.4 Å². The normalized spacial score (nSPS) is 12.9. The van der Waals surface area contributed by atoms with Crippen LogP contribution in [0.2, 0.25) is 0 Å². The van der Waals surface area contributed by atoms with E-state index in [9.17, 15) is 9.59 Å². The first kappa shape index (κ1) is 27.2. The fourth-order valence-corrected chi connectivity index (χ4v) is 6.56. The molecule has 0 aliphatic heterocycles. The number of benzene rings is 1. The Labute approximate surface area is 226 Å². The van der Waals surface area contributed by atoms with Crippen LogP contribution >= 0.6 is 23.1 Å². The second-order valence-corrected chi connectivity index (χ2v) is 11.5. The number of aryl methyl sites for hydroxylation is 3. The molecule has 0 unspecified atom stereocenters. The summed E-state index contributed by atoms with van der Waals surface area (Å²) in [6.45, 7) is 10.7. The fraction of sp³-hybridized carbons (Fsp3) is 0.481. The van der Waals surface area contributed by atoms with Crippen molar-refractivity contribution in [2.45, 2.75) is 84.7 Å². The summed E-state index contributed by atoms with van der Waals surface area (Å²) in [6.07, 6.45) is 3.68. The molecule has 1 aromatic carbocycles. The van der Waals surface area contributed by atoms with E-state index in [1.807, 2.05) is 51.3 Å². The van der Waals surface area contributed by atoms with Gasteiger partial charge in [-0.05, 0) is 89.1 Å². The molecule has 8 nitrogen and oxygen atoms in total. The smallest absolute Gasteiger partial charge is 0.341 e. The van der Waals surface area contributed by atoms with Gasteiger partial charge in [-0.15, -0.1) is 21.5 Å². The lowest BCUT2D eigenvalue weighted by atomic mass is 9.95. The summed E-state index contributed by atoms with van der Waals surface area (Å²) in [5.41, 5.74) is 3.83. The lowest BCUT2D eigenvalue weighted by molar-refractivity contribution is -0.113. The van der Waals surface area contributed by atoms with Gasteiger partial charge in [0.1, 0.15) is 17.4 Å². The SMILES string of the molecule is CCn1c(COc2cc(C)cc(C)c2)nnc1SCC(=O)Nc1sc2c(c1C(=O)OC(C)C)CCCC2. The third-order valence-electron chi connectivity index (χ3n) is 5.98. The Morgan fingerprint density at radius 1 is 1.14 bits per heavy atom. The molecular formula is C27H34N4O4S2. The lowest BCUT2D eigenvalue weighted by Crippen LogP contribution is -2.19. The average Bonchev–Trinajstić information content (AvgIpc) is 3.40. The number of carbonyl (C=O) groups excluding carboxylic acids is 2. The minimum absolute atomic E-state index is 0.150. The summed E-state index contributed by atoms with van der Waals surface area (Å²) in [7, 11) is 0. The molecule has 3 aromatic rings. The Hall–Kier alpha value is -2.85. The van der Waals surface area contributed by atoms with E-state index in [4.69, 9.17) is 9.47 Å². The number of hydrogen-bond donors (Lipinski definition) is 1. The van der Waals surface area contributed by atoms with Crippen LogP contribution in [0.3, 0.4) is 0 Å². The molecule has 37 heavy (non-hydrogen) atoms. The Morgan fingerprint density at radius 3 is 2.57 bits per heavy atom. The van der Waals surface area contributed by atoms with Gasteiger partial charge in [0.05, 0.1) is 17.4 Å². The van der Waals surface area contributed by atoms with Gasteiger partial charge in [0.15, 0.2) is 11.0 Å². The van der Waals surface area contributed by atoms with E-state index in [0.717, 1.165) is 48.1 Å². The molecule has 1 aliphatic rings. The van der Waals surface area contributed by atoms with Gasteiger partial charge in [0.25, 0.3) is 0 Å². The summed E-state index contributed by atoms with van der Waals surface area (Å²) in [6, 6.07) is 6.09. The molecule has 0 radical (unpaired) electrons. The number of thiophene rings is 1. The minimum atomic E-state index is -0.364. The largest absolute Gasteiger partial charge is 0.486 e. The van der Waals surface area contributed by atoms with E-state index in [0.29, 0.717) is 34.7 Å². The Kier molecular flexibility index (Phi) is 8.91. The number of carbonyl (C=O) groups is 2. The van der Waals surface area contributed by atoms with Crippen LogP contribution in [-0.2, 0) is 35.5 Å². The Bertz CT molecular complexity index is 1260. The molecule has 0 atom stereocenters. The van der Waals surface area contributed by atoms with Crippen molar-refractivity contribution in [1.82, 2.24) is 14.8 Å². The summed E-state index contributed by atoms with van der Waals surface area (Å²) in [5, 5.41) is 12.8. The molecule has 10 heteroatoms. The van der Waals surface area contributed by atoms with E-state index in [2.05, 4.69) is 21.6 Å². The number of rotatable bonds is 10. The molecule has 2 aromatic heterocycles. The van der Waals surface area contributed by atoms with E-state index in [1.54, 1.807) is 0 Å². The van der Waals surface area contributed by atoms with Crippen molar-refractivity contribution in [3.63, 3.8) is 0 Å². The number of hydrogen-bond acceptors (Lipinski definition) is 8. The first-order chi connectivity index (χ1) is 17.7. The van der Waals surface area contributed by atoms with E-state index in [-0.39, 0.29) is 23.7 Å². The highest BCUT2D eigenvalue weighted by molar-refractivity contribution is 7.99. The second-order valence-electron chi connectivity index (χ2n) is 9.46. The van der Waals surface area contributed by atoms with Gasteiger partial charge >= 0.3 is 5.97 Å². The number of nitrogens with zero attached hydrogens (tertiary/aromatic N) is 3. The maximum absolute atomic E-state index is 12.9. The summed E-state index contributed by atoms with van der Waals surface area (Å²) >= 11 is 2.81. The number of fused-ring (bicyclic) bond motifs is 1. The molecule has 0 bridgehead atoms. The summed E-state index contributed by atoms with van der Waals surface area (Å²) in [4.78, 5) is 26.9. The van der Waals surface area contributed by atoms with Gasteiger partial charge in [-0.25, -0.2) is 4.79 Å². The zero-order chi connectivity index (χ0) is 26.5. The van der Waals surface area contributed by atoms with Crippen LogP contribution in [0.1, 0.15) is 71.4 Å². The molecular weight excluding hydrogens is 508 g/mol. The van der Waals surface area contributed by atoms with Crippen molar-refractivity contribution >= 4 is 40.0 Å². The van der Waals surface area contributed by atoms with Crippen LogP contribution in [0.4, 0.5) is 5.00 Å². The second kappa shape index (κ2) is 12.1. The first-order valence-electron chi connectivity index (χ1n) is 12.7. The van der Waals surface area contributed by atoms with Crippen molar-refractivity contribution in [3.8, 4) is 5.75 Å². The molecule has 0 spiro atoms. The molecule has 1 N–H and O–H groups in total. The Morgan fingerprint density at radius 2 is 1.86 bits per heavy atom. The minimum Gasteiger partial charge on any atom is -0.486 e. The van der Waals surface area contributed by atoms with Gasteiger partial charge in [0, 0.05) is 11.4 Å². The zero-order valence-corrected chi connectivity index (χ0v) is 23.7. The highest BCUT2D eigenvalue weighted by Crippen LogP contribution is 2.39. The number of anilines is 1. The number of amides is 1. The molecule has 1 aliphatic carbocycles. The van der Waals surface area contributed by atoms with Crippen LogP contribution in [0, 0.1) is 13.8 Å². The molecule has 0 fully saturated rings. The number of nitrogens with one attached hydrogen (secondary N) is 1. The number of esters is 1. The van der Waals surface area contributed by atoms with Gasteiger partial charge in [0.2, 0.25) is 5.91 Å². The van der Waals surface area contributed by atoms with Gasteiger partial charge in [-0.3, -0.25) is 4.79 Å². The number of ether oxygens (including phenoxy) is 2. The lowest BCUT2D eigenvalue weighted by Gasteiger charge is -2.14. The Balaban J connectivity index is 1.41. The van der Waals surface area contributed by atoms with Gasteiger partial charge < -0.3 is 19.4 Å². The molecule has 2 heterocycles. The first-order valence-corrected chi connectivity index (χ1v) is 14.5. The van der Waals surface area contributed by atoms with Gasteiger partial charge in [-0.1, -0.05) is 17.8 Å². The highest BCUT2D eigenvalue weighted by Gasteiger charge is 2.28.